The summed E-state index contributed by atoms with van der Waals surface area (Å²) in [5, 5.41) is 11.7. The van der Waals surface area contributed by atoms with Gasteiger partial charge in [0.05, 0.1) is 17.2 Å². The summed E-state index contributed by atoms with van der Waals surface area (Å²) >= 11 is 0. The molecule has 0 spiro atoms. The second kappa shape index (κ2) is 5.05. The summed E-state index contributed by atoms with van der Waals surface area (Å²) in [5.41, 5.74) is 2.43. The third-order valence-corrected chi connectivity index (χ3v) is 3.40. The van der Waals surface area contributed by atoms with Gasteiger partial charge in [-0.15, -0.1) is 0 Å². The highest BCUT2D eigenvalue weighted by Gasteiger charge is 2.15. The van der Waals surface area contributed by atoms with Crippen molar-refractivity contribution < 1.29 is 5.21 Å². The molecule has 0 aliphatic heterocycles. The van der Waals surface area contributed by atoms with Crippen molar-refractivity contribution in [2.75, 3.05) is 0 Å². The lowest BCUT2D eigenvalue weighted by Gasteiger charge is -2.14. The van der Waals surface area contributed by atoms with E-state index in [-0.39, 0.29) is 5.56 Å². The van der Waals surface area contributed by atoms with Gasteiger partial charge in [-0.05, 0) is 18.1 Å². The number of hydrogen-bond acceptors (Lipinski definition) is 4. The molecule has 0 atom stereocenters. The maximum Gasteiger partial charge on any atom is 0.277 e. The summed E-state index contributed by atoms with van der Waals surface area (Å²) in [6, 6.07) is 7.71. The van der Waals surface area contributed by atoms with E-state index >= 15 is 0 Å². The standard InChI is InChI=1S/C15H16N4O2/c1-10(2)8-18-12-5-3-4-6-13(12)19-9-16-11(7-17-21)14(19)15(18)20/h3-7,9-10,21H,8H2,1-2H3. The van der Waals surface area contributed by atoms with Gasteiger partial charge in [0.1, 0.15) is 17.5 Å². The minimum absolute atomic E-state index is 0.130. The largest absolute Gasteiger partial charge is 0.411 e. The Hall–Kier alpha value is -2.63. The molecule has 0 saturated heterocycles. The Labute approximate surface area is 121 Å². The number of aromatic nitrogens is 3. The van der Waals surface area contributed by atoms with E-state index in [1.165, 1.54) is 6.21 Å². The van der Waals surface area contributed by atoms with E-state index in [4.69, 9.17) is 5.21 Å². The summed E-state index contributed by atoms with van der Waals surface area (Å²) < 4.78 is 3.50. The zero-order valence-electron chi connectivity index (χ0n) is 11.9. The first-order valence-electron chi connectivity index (χ1n) is 6.79. The Morgan fingerprint density at radius 2 is 2.05 bits per heavy atom. The highest BCUT2D eigenvalue weighted by atomic mass is 16.4. The van der Waals surface area contributed by atoms with Gasteiger partial charge < -0.3 is 9.77 Å². The summed E-state index contributed by atoms with van der Waals surface area (Å²) in [6.07, 6.45) is 2.76. The number of oxime groups is 1. The molecule has 3 rings (SSSR count). The van der Waals surface area contributed by atoms with Gasteiger partial charge in [0, 0.05) is 6.54 Å². The molecule has 108 valence electrons. The first-order valence-corrected chi connectivity index (χ1v) is 6.79. The third kappa shape index (κ3) is 2.08. The van der Waals surface area contributed by atoms with Crippen molar-refractivity contribution in [2.45, 2.75) is 20.4 Å². The molecular weight excluding hydrogens is 268 g/mol. The van der Waals surface area contributed by atoms with Gasteiger partial charge in [-0.25, -0.2) is 4.98 Å². The fraction of sp³-hybridized carbons (Fsp3) is 0.267. The second-order valence-electron chi connectivity index (χ2n) is 5.39. The van der Waals surface area contributed by atoms with Gasteiger partial charge in [-0.3, -0.25) is 9.20 Å². The zero-order chi connectivity index (χ0) is 15.0. The maximum absolute atomic E-state index is 12.8. The number of rotatable bonds is 3. The van der Waals surface area contributed by atoms with Crippen LogP contribution in [-0.2, 0) is 6.54 Å². The highest BCUT2D eigenvalue weighted by Crippen LogP contribution is 2.16. The zero-order valence-corrected chi connectivity index (χ0v) is 11.9. The van der Waals surface area contributed by atoms with Crippen LogP contribution in [0.2, 0.25) is 0 Å². The number of hydrogen-bond donors (Lipinski definition) is 1. The molecule has 0 aliphatic carbocycles. The van der Waals surface area contributed by atoms with Crippen LogP contribution < -0.4 is 5.56 Å². The Bertz CT molecular complexity index is 890. The molecule has 2 aromatic heterocycles. The van der Waals surface area contributed by atoms with Crippen LogP contribution in [0, 0.1) is 5.92 Å². The summed E-state index contributed by atoms with van der Waals surface area (Å²) in [5.74, 6) is 0.339. The van der Waals surface area contributed by atoms with Gasteiger partial charge in [-0.2, -0.15) is 0 Å². The van der Waals surface area contributed by atoms with E-state index in [0.717, 1.165) is 11.0 Å². The molecule has 0 radical (unpaired) electrons. The molecule has 1 aromatic carbocycles. The monoisotopic (exact) mass is 284 g/mol. The van der Waals surface area contributed by atoms with Gasteiger partial charge in [0.2, 0.25) is 0 Å². The smallest absolute Gasteiger partial charge is 0.277 e. The Balaban J connectivity index is 2.49. The van der Waals surface area contributed by atoms with Gasteiger partial charge in [0.25, 0.3) is 5.56 Å². The van der Waals surface area contributed by atoms with Crippen LogP contribution >= 0.6 is 0 Å². The molecule has 0 fully saturated rings. The quantitative estimate of drug-likeness (QED) is 0.455. The average Bonchev–Trinajstić information content (AvgIpc) is 2.88. The fourth-order valence-corrected chi connectivity index (χ4v) is 2.59. The van der Waals surface area contributed by atoms with Crippen molar-refractivity contribution in [2.24, 2.45) is 11.1 Å². The molecule has 0 amide bonds. The molecule has 1 N–H and O–H groups in total. The predicted molar refractivity (Wildman–Crippen MR) is 81.2 cm³/mol. The molecule has 3 aromatic rings. The van der Waals surface area contributed by atoms with E-state index < -0.39 is 0 Å². The van der Waals surface area contributed by atoms with Crippen LogP contribution in [0.5, 0.6) is 0 Å². The van der Waals surface area contributed by atoms with Crippen LogP contribution in [-0.4, -0.2) is 25.4 Å². The molecule has 0 aliphatic rings. The molecule has 2 heterocycles. The SMILES string of the molecule is CC(C)Cn1c(=O)c2c(C=NO)ncn2c2ccccc21. The van der Waals surface area contributed by atoms with E-state index in [0.29, 0.717) is 23.7 Å². The van der Waals surface area contributed by atoms with E-state index in [1.807, 2.05) is 24.3 Å². The normalized spacial score (nSPS) is 12.1. The van der Waals surface area contributed by atoms with Crippen molar-refractivity contribution in [1.29, 1.82) is 0 Å². The van der Waals surface area contributed by atoms with Crippen LogP contribution in [0.25, 0.3) is 16.6 Å². The second-order valence-corrected chi connectivity index (χ2v) is 5.39. The average molecular weight is 284 g/mol. The topological polar surface area (TPSA) is 71.9 Å². The van der Waals surface area contributed by atoms with E-state index in [2.05, 4.69) is 24.0 Å². The molecule has 0 bridgehead atoms. The van der Waals surface area contributed by atoms with Crippen LogP contribution in [0.3, 0.4) is 0 Å². The van der Waals surface area contributed by atoms with Crippen molar-refractivity contribution in [3.63, 3.8) is 0 Å². The van der Waals surface area contributed by atoms with Gasteiger partial charge >= 0.3 is 0 Å². The number of nitrogens with zero attached hydrogens (tertiary/aromatic N) is 4. The molecule has 21 heavy (non-hydrogen) atoms. The number of benzene rings is 1. The molecule has 6 heteroatoms. The van der Waals surface area contributed by atoms with Crippen molar-refractivity contribution >= 4 is 22.8 Å². The lowest BCUT2D eigenvalue weighted by Crippen LogP contribution is -2.25. The Kier molecular flexibility index (Phi) is 3.21. The highest BCUT2D eigenvalue weighted by molar-refractivity contribution is 5.89. The summed E-state index contributed by atoms with van der Waals surface area (Å²) in [4.78, 5) is 17.0. The summed E-state index contributed by atoms with van der Waals surface area (Å²) in [6.45, 7) is 4.76. The molecular formula is C15H16N4O2. The minimum atomic E-state index is -0.130. The van der Waals surface area contributed by atoms with E-state index in [9.17, 15) is 4.79 Å². The first-order chi connectivity index (χ1) is 10.1. The first kappa shape index (κ1) is 13.4. The fourth-order valence-electron chi connectivity index (χ4n) is 2.59. The number of imidazole rings is 1. The lowest BCUT2D eigenvalue weighted by atomic mass is 10.2. The molecule has 0 unspecified atom stereocenters. The summed E-state index contributed by atoms with van der Waals surface area (Å²) in [7, 11) is 0. The van der Waals surface area contributed by atoms with Crippen LogP contribution in [0.15, 0.2) is 40.5 Å². The maximum atomic E-state index is 12.8. The van der Waals surface area contributed by atoms with Crippen molar-refractivity contribution in [3.8, 4) is 0 Å². The van der Waals surface area contributed by atoms with Crippen LogP contribution in [0.4, 0.5) is 0 Å². The van der Waals surface area contributed by atoms with Crippen molar-refractivity contribution in [3.05, 3.63) is 46.6 Å². The van der Waals surface area contributed by atoms with Gasteiger partial charge in [-0.1, -0.05) is 31.1 Å². The molecule has 6 nitrogen and oxygen atoms in total. The van der Waals surface area contributed by atoms with Gasteiger partial charge in [0.15, 0.2) is 0 Å². The number of fused-ring (bicyclic) bond motifs is 3. The van der Waals surface area contributed by atoms with Crippen LogP contribution in [0.1, 0.15) is 19.5 Å². The lowest BCUT2D eigenvalue weighted by molar-refractivity contribution is 0.322. The third-order valence-electron chi connectivity index (χ3n) is 3.40. The minimum Gasteiger partial charge on any atom is -0.411 e. The van der Waals surface area contributed by atoms with Crippen molar-refractivity contribution in [1.82, 2.24) is 14.0 Å². The Morgan fingerprint density at radius 1 is 1.33 bits per heavy atom. The number of para-hydroxylation sites is 2. The van der Waals surface area contributed by atoms with E-state index in [1.54, 1.807) is 15.3 Å². The Morgan fingerprint density at radius 3 is 2.71 bits per heavy atom. The molecule has 0 saturated carbocycles. The predicted octanol–water partition coefficient (Wildman–Crippen LogP) is 2.11.